The highest BCUT2D eigenvalue weighted by Gasteiger charge is 2.16. The van der Waals surface area contributed by atoms with E-state index in [4.69, 9.17) is 0 Å². The molecular formula is C25H37N3O. The number of hydrogen-bond donors (Lipinski definition) is 2. The summed E-state index contributed by atoms with van der Waals surface area (Å²) in [5.74, 6) is -0.264. The SMILES string of the molecule is Cc1cc(C)c(N/C=C(/C#N)C(=O)NC2CCCCCCCCCCC2)c(C)c1. The number of aryl methyl sites for hydroxylation is 3. The molecule has 1 aliphatic carbocycles. The second-order valence-corrected chi connectivity index (χ2v) is 8.52. The first-order chi connectivity index (χ1) is 14.0. The van der Waals surface area contributed by atoms with Crippen molar-refractivity contribution in [3.05, 3.63) is 40.6 Å². The number of carbonyl (C=O) groups excluding carboxylic acids is 1. The Kier molecular flexibility index (Phi) is 9.77. The molecular weight excluding hydrogens is 358 g/mol. The minimum Gasteiger partial charge on any atom is -0.360 e. The largest absolute Gasteiger partial charge is 0.360 e. The molecule has 0 unspecified atom stereocenters. The topological polar surface area (TPSA) is 64.9 Å². The molecule has 1 aromatic carbocycles. The van der Waals surface area contributed by atoms with E-state index in [1.54, 1.807) is 6.20 Å². The summed E-state index contributed by atoms with van der Waals surface area (Å²) < 4.78 is 0. The summed E-state index contributed by atoms with van der Waals surface area (Å²) in [4.78, 5) is 12.7. The first kappa shape index (κ1) is 23.0. The quantitative estimate of drug-likeness (QED) is 0.470. The molecule has 1 aromatic rings. The van der Waals surface area contributed by atoms with Crippen LogP contribution in [0.4, 0.5) is 5.69 Å². The summed E-state index contributed by atoms with van der Waals surface area (Å²) in [6.07, 6.45) is 15.0. The molecule has 29 heavy (non-hydrogen) atoms. The number of amides is 1. The Labute approximate surface area is 176 Å². The minimum atomic E-state index is -0.264. The molecule has 0 aromatic heterocycles. The van der Waals surface area contributed by atoms with Crippen molar-refractivity contribution in [1.29, 1.82) is 5.26 Å². The van der Waals surface area contributed by atoms with E-state index in [2.05, 4.69) is 35.8 Å². The Bertz CT molecular complexity index is 710. The van der Waals surface area contributed by atoms with Gasteiger partial charge in [0.2, 0.25) is 0 Å². The highest BCUT2D eigenvalue weighted by atomic mass is 16.1. The molecule has 2 N–H and O–H groups in total. The second-order valence-electron chi connectivity index (χ2n) is 8.52. The van der Waals surface area contributed by atoms with Crippen molar-refractivity contribution in [2.45, 2.75) is 97.4 Å². The van der Waals surface area contributed by atoms with Crippen molar-refractivity contribution in [3.63, 3.8) is 0 Å². The highest BCUT2D eigenvalue weighted by molar-refractivity contribution is 5.97. The third kappa shape index (κ3) is 7.93. The maximum atomic E-state index is 12.7. The third-order valence-corrected chi connectivity index (χ3v) is 5.84. The molecule has 0 radical (unpaired) electrons. The van der Waals surface area contributed by atoms with Crippen LogP contribution in [0.1, 0.15) is 87.3 Å². The molecule has 1 aliphatic rings. The number of nitrogens with zero attached hydrogens (tertiary/aromatic N) is 1. The van der Waals surface area contributed by atoms with Gasteiger partial charge in [0.1, 0.15) is 11.6 Å². The lowest BCUT2D eigenvalue weighted by molar-refractivity contribution is -0.117. The fourth-order valence-corrected chi connectivity index (χ4v) is 4.27. The van der Waals surface area contributed by atoms with Crippen LogP contribution in [-0.4, -0.2) is 11.9 Å². The molecule has 0 saturated heterocycles. The standard InChI is InChI=1S/C25H37N3O/c1-19-15-20(2)24(21(3)16-19)27-18-22(17-26)25(29)28-23-13-11-9-7-5-4-6-8-10-12-14-23/h15-16,18,23,27H,4-14H2,1-3H3,(H,28,29)/b22-18-. The number of benzene rings is 1. The fraction of sp³-hybridized carbons (Fsp3) is 0.600. The molecule has 0 heterocycles. The number of hydrogen-bond acceptors (Lipinski definition) is 3. The average Bonchev–Trinajstić information content (AvgIpc) is 2.66. The van der Waals surface area contributed by atoms with Crippen molar-refractivity contribution < 1.29 is 4.79 Å². The van der Waals surface area contributed by atoms with Crippen molar-refractivity contribution in [3.8, 4) is 6.07 Å². The second kappa shape index (κ2) is 12.3. The summed E-state index contributed by atoms with van der Waals surface area (Å²) in [7, 11) is 0. The van der Waals surface area contributed by atoms with Gasteiger partial charge in [-0.25, -0.2) is 0 Å². The van der Waals surface area contributed by atoms with E-state index >= 15 is 0 Å². The molecule has 1 fully saturated rings. The van der Waals surface area contributed by atoms with Crippen LogP contribution in [0.2, 0.25) is 0 Å². The van der Waals surface area contributed by atoms with Gasteiger partial charge in [-0.15, -0.1) is 0 Å². The number of nitriles is 1. The average molecular weight is 396 g/mol. The third-order valence-electron chi connectivity index (χ3n) is 5.84. The summed E-state index contributed by atoms with van der Waals surface area (Å²) in [5.41, 5.74) is 4.51. The normalized spacial score (nSPS) is 17.5. The van der Waals surface area contributed by atoms with Crippen molar-refractivity contribution in [1.82, 2.24) is 5.32 Å². The monoisotopic (exact) mass is 395 g/mol. The molecule has 2 rings (SSSR count). The van der Waals surface area contributed by atoms with E-state index in [0.717, 1.165) is 42.5 Å². The zero-order chi connectivity index (χ0) is 21.1. The van der Waals surface area contributed by atoms with Gasteiger partial charge in [0.05, 0.1) is 0 Å². The minimum absolute atomic E-state index is 0.135. The lowest BCUT2D eigenvalue weighted by atomic mass is 9.97. The summed E-state index contributed by atoms with van der Waals surface area (Å²) in [5, 5.41) is 15.8. The summed E-state index contributed by atoms with van der Waals surface area (Å²) >= 11 is 0. The maximum absolute atomic E-state index is 12.7. The summed E-state index contributed by atoms with van der Waals surface area (Å²) in [6.45, 7) is 6.14. The Hall–Kier alpha value is -2.28. The van der Waals surface area contributed by atoms with Crippen LogP contribution in [0, 0.1) is 32.1 Å². The Balaban J connectivity index is 1.99. The Morgan fingerprint density at radius 1 is 0.931 bits per heavy atom. The van der Waals surface area contributed by atoms with Crippen LogP contribution < -0.4 is 10.6 Å². The predicted molar refractivity (Wildman–Crippen MR) is 121 cm³/mol. The number of carbonyl (C=O) groups is 1. The number of rotatable bonds is 4. The van der Waals surface area contributed by atoms with E-state index in [1.807, 2.05) is 13.8 Å². The molecule has 4 nitrogen and oxygen atoms in total. The van der Waals surface area contributed by atoms with Crippen molar-refractivity contribution in [2.75, 3.05) is 5.32 Å². The first-order valence-corrected chi connectivity index (χ1v) is 11.3. The van der Waals surface area contributed by atoms with Crippen LogP contribution in [0.15, 0.2) is 23.9 Å². The van der Waals surface area contributed by atoms with E-state index < -0.39 is 0 Å². The molecule has 4 heteroatoms. The molecule has 0 atom stereocenters. The van der Waals surface area contributed by atoms with Crippen LogP contribution in [0.3, 0.4) is 0 Å². The van der Waals surface area contributed by atoms with Gasteiger partial charge in [-0.05, 0) is 44.7 Å². The van der Waals surface area contributed by atoms with E-state index in [9.17, 15) is 10.1 Å². The lowest BCUT2D eigenvalue weighted by Crippen LogP contribution is -2.35. The molecule has 1 saturated carbocycles. The van der Waals surface area contributed by atoms with Gasteiger partial charge in [0, 0.05) is 17.9 Å². The van der Waals surface area contributed by atoms with Crippen molar-refractivity contribution >= 4 is 11.6 Å². The Morgan fingerprint density at radius 3 is 1.90 bits per heavy atom. The zero-order valence-corrected chi connectivity index (χ0v) is 18.4. The van der Waals surface area contributed by atoms with Gasteiger partial charge < -0.3 is 10.6 Å². The van der Waals surface area contributed by atoms with Crippen LogP contribution in [0.25, 0.3) is 0 Å². The van der Waals surface area contributed by atoms with Gasteiger partial charge in [0.25, 0.3) is 5.91 Å². The Morgan fingerprint density at radius 2 is 1.41 bits per heavy atom. The van der Waals surface area contributed by atoms with E-state index in [0.29, 0.717) is 0 Å². The van der Waals surface area contributed by atoms with Crippen LogP contribution >= 0.6 is 0 Å². The molecule has 158 valence electrons. The van der Waals surface area contributed by atoms with Gasteiger partial charge in [-0.2, -0.15) is 5.26 Å². The highest BCUT2D eigenvalue weighted by Crippen LogP contribution is 2.22. The van der Waals surface area contributed by atoms with E-state index in [-0.39, 0.29) is 17.5 Å². The zero-order valence-electron chi connectivity index (χ0n) is 18.4. The summed E-state index contributed by atoms with van der Waals surface area (Å²) in [6, 6.07) is 6.43. The molecule has 0 bridgehead atoms. The van der Waals surface area contributed by atoms with Crippen LogP contribution in [-0.2, 0) is 4.79 Å². The number of nitrogens with one attached hydrogen (secondary N) is 2. The van der Waals surface area contributed by atoms with Gasteiger partial charge in [-0.1, -0.05) is 75.5 Å². The lowest BCUT2D eigenvalue weighted by Gasteiger charge is -2.19. The first-order valence-electron chi connectivity index (χ1n) is 11.3. The molecule has 0 spiro atoms. The van der Waals surface area contributed by atoms with Crippen LogP contribution in [0.5, 0.6) is 0 Å². The van der Waals surface area contributed by atoms with E-state index in [1.165, 1.54) is 50.5 Å². The van der Waals surface area contributed by atoms with Gasteiger partial charge in [-0.3, -0.25) is 4.79 Å². The molecule has 0 aliphatic heterocycles. The maximum Gasteiger partial charge on any atom is 0.263 e. The van der Waals surface area contributed by atoms with Gasteiger partial charge in [0.15, 0.2) is 0 Å². The number of anilines is 1. The molecule has 1 amide bonds. The predicted octanol–water partition coefficient (Wildman–Crippen LogP) is 6.22. The fourth-order valence-electron chi connectivity index (χ4n) is 4.27. The van der Waals surface area contributed by atoms with Gasteiger partial charge >= 0.3 is 0 Å². The smallest absolute Gasteiger partial charge is 0.263 e. The van der Waals surface area contributed by atoms with Crippen molar-refractivity contribution in [2.24, 2.45) is 0 Å².